The molecule has 4 heteroatoms. The van der Waals surface area contributed by atoms with Gasteiger partial charge in [-0.05, 0) is 23.7 Å². The summed E-state index contributed by atoms with van der Waals surface area (Å²) < 4.78 is 5.12. The summed E-state index contributed by atoms with van der Waals surface area (Å²) in [6.45, 7) is 0. The lowest BCUT2D eigenvalue weighted by molar-refractivity contribution is 0.423. The zero-order chi connectivity index (χ0) is 8.97. The Kier molecular flexibility index (Phi) is 3.18. The first kappa shape index (κ1) is 9.14. The minimum atomic E-state index is -0.164. The third-order valence-electron chi connectivity index (χ3n) is 1.46. The van der Waals surface area contributed by atoms with Crippen molar-refractivity contribution < 1.29 is 4.42 Å². The number of nitrogens with one attached hydrogen (secondary N) is 1. The topological polar surface area (TPSA) is 51.2 Å². The Hall–Kier alpha value is -0.950. The van der Waals surface area contributed by atoms with Gasteiger partial charge < -0.3 is 4.42 Å². The minimum Gasteiger partial charge on any atom is -0.448 e. The zero-order valence-electron chi connectivity index (χ0n) is 6.38. The summed E-state index contributed by atoms with van der Waals surface area (Å²) in [6, 6.07) is 3.23. The molecule has 1 atom stereocenters. The Balaban J connectivity index is 2.74. The van der Waals surface area contributed by atoms with Crippen LogP contribution in [0.3, 0.4) is 0 Å². The summed E-state index contributed by atoms with van der Waals surface area (Å²) in [4.78, 5) is 0. The van der Waals surface area contributed by atoms with Gasteiger partial charge in [-0.2, -0.15) is 0 Å². The van der Waals surface area contributed by atoms with Crippen LogP contribution < -0.4 is 11.3 Å². The summed E-state index contributed by atoms with van der Waals surface area (Å²) in [7, 11) is 0. The van der Waals surface area contributed by atoms with E-state index in [0.29, 0.717) is 17.4 Å². The lowest BCUT2D eigenvalue weighted by Gasteiger charge is -2.08. The van der Waals surface area contributed by atoms with E-state index in [0.717, 1.165) is 0 Å². The highest BCUT2D eigenvalue weighted by Crippen LogP contribution is 2.21. The lowest BCUT2D eigenvalue weighted by atomic mass is 10.2. The number of halogens is 1. The summed E-state index contributed by atoms with van der Waals surface area (Å²) in [5, 5.41) is 0.335. The molecule has 0 spiro atoms. The van der Waals surface area contributed by atoms with E-state index in [1.165, 1.54) is 0 Å². The highest BCUT2D eigenvalue weighted by molar-refractivity contribution is 6.28. The standard InChI is InChI=1S/C8H9ClN2O/c1-2-3-6(11-10)7-4-5-8(9)12-7/h1,4-6,11H,3,10H2. The van der Waals surface area contributed by atoms with Crippen molar-refractivity contribution in [2.45, 2.75) is 12.5 Å². The normalized spacial score (nSPS) is 12.4. The van der Waals surface area contributed by atoms with Gasteiger partial charge in [-0.3, -0.25) is 5.84 Å². The first-order valence-corrected chi connectivity index (χ1v) is 3.80. The molecule has 1 aromatic heterocycles. The van der Waals surface area contributed by atoms with Crippen LogP contribution in [0.2, 0.25) is 5.22 Å². The van der Waals surface area contributed by atoms with E-state index in [4.69, 9.17) is 28.3 Å². The number of furan rings is 1. The fraction of sp³-hybridized carbons (Fsp3) is 0.250. The monoisotopic (exact) mass is 184 g/mol. The van der Waals surface area contributed by atoms with Crippen LogP contribution in [-0.4, -0.2) is 0 Å². The molecule has 0 saturated carbocycles. The third kappa shape index (κ3) is 2.02. The van der Waals surface area contributed by atoms with Crippen LogP contribution >= 0.6 is 11.6 Å². The molecular formula is C8H9ClN2O. The first-order chi connectivity index (χ1) is 5.77. The second-order valence-electron chi connectivity index (χ2n) is 2.27. The zero-order valence-corrected chi connectivity index (χ0v) is 7.14. The number of terminal acetylenes is 1. The molecule has 0 aliphatic carbocycles. The fourth-order valence-electron chi connectivity index (χ4n) is 0.875. The molecule has 0 saturated heterocycles. The molecule has 0 aliphatic rings. The van der Waals surface area contributed by atoms with Gasteiger partial charge in [-0.25, -0.2) is 5.43 Å². The number of hydrogen-bond acceptors (Lipinski definition) is 3. The maximum atomic E-state index is 5.57. The molecule has 1 heterocycles. The van der Waals surface area contributed by atoms with E-state index >= 15 is 0 Å². The van der Waals surface area contributed by atoms with E-state index in [9.17, 15) is 0 Å². The van der Waals surface area contributed by atoms with E-state index in [2.05, 4.69) is 11.3 Å². The summed E-state index contributed by atoms with van der Waals surface area (Å²) in [6.07, 6.45) is 5.60. The first-order valence-electron chi connectivity index (χ1n) is 3.42. The minimum absolute atomic E-state index is 0.164. The van der Waals surface area contributed by atoms with Crippen LogP contribution in [0.1, 0.15) is 18.2 Å². The summed E-state index contributed by atoms with van der Waals surface area (Å²) in [5.74, 6) is 8.39. The molecule has 0 radical (unpaired) electrons. The molecule has 3 nitrogen and oxygen atoms in total. The summed E-state index contributed by atoms with van der Waals surface area (Å²) in [5.41, 5.74) is 2.54. The highest BCUT2D eigenvalue weighted by Gasteiger charge is 2.11. The summed E-state index contributed by atoms with van der Waals surface area (Å²) >= 11 is 5.57. The average Bonchev–Trinajstić information content (AvgIpc) is 2.47. The van der Waals surface area contributed by atoms with E-state index in [-0.39, 0.29) is 6.04 Å². The third-order valence-corrected chi connectivity index (χ3v) is 1.66. The van der Waals surface area contributed by atoms with Crippen molar-refractivity contribution in [2.24, 2.45) is 5.84 Å². The molecule has 0 bridgehead atoms. The molecule has 3 N–H and O–H groups in total. The molecule has 0 aliphatic heterocycles. The Bertz CT molecular complexity index is 289. The Morgan fingerprint density at radius 3 is 2.92 bits per heavy atom. The molecule has 1 aromatic rings. The SMILES string of the molecule is C#CCC(NN)c1ccc(Cl)o1. The van der Waals surface area contributed by atoms with Gasteiger partial charge in [0.25, 0.3) is 0 Å². The van der Waals surface area contributed by atoms with Crippen LogP contribution in [0.25, 0.3) is 0 Å². The van der Waals surface area contributed by atoms with Gasteiger partial charge in [0.2, 0.25) is 0 Å². The molecule has 1 rings (SSSR count). The molecule has 0 aromatic carbocycles. The van der Waals surface area contributed by atoms with Crippen LogP contribution in [-0.2, 0) is 0 Å². The largest absolute Gasteiger partial charge is 0.448 e. The number of nitrogens with two attached hydrogens (primary N) is 1. The van der Waals surface area contributed by atoms with Crippen molar-refractivity contribution in [3.05, 3.63) is 23.1 Å². The van der Waals surface area contributed by atoms with Gasteiger partial charge in [-0.15, -0.1) is 12.3 Å². The second kappa shape index (κ2) is 4.17. The maximum Gasteiger partial charge on any atom is 0.193 e. The Morgan fingerprint density at radius 1 is 1.75 bits per heavy atom. The average molecular weight is 185 g/mol. The van der Waals surface area contributed by atoms with Crippen LogP contribution in [0.5, 0.6) is 0 Å². The van der Waals surface area contributed by atoms with E-state index < -0.39 is 0 Å². The molecule has 1 unspecified atom stereocenters. The van der Waals surface area contributed by atoms with E-state index in [1.807, 2.05) is 0 Å². The van der Waals surface area contributed by atoms with Gasteiger partial charge in [0.1, 0.15) is 5.76 Å². The molecule has 0 fully saturated rings. The van der Waals surface area contributed by atoms with Crippen molar-refractivity contribution in [1.82, 2.24) is 5.43 Å². The van der Waals surface area contributed by atoms with Crippen molar-refractivity contribution in [1.29, 1.82) is 0 Å². The molecule has 12 heavy (non-hydrogen) atoms. The van der Waals surface area contributed by atoms with Crippen molar-refractivity contribution in [3.8, 4) is 12.3 Å². The predicted molar refractivity (Wildman–Crippen MR) is 47.2 cm³/mol. The van der Waals surface area contributed by atoms with Gasteiger partial charge in [0.05, 0.1) is 6.04 Å². The molecule has 0 amide bonds. The van der Waals surface area contributed by atoms with Crippen LogP contribution in [0.4, 0.5) is 0 Å². The quantitative estimate of drug-likeness (QED) is 0.425. The lowest BCUT2D eigenvalue weighted by Crippen LogP contribution is -2.27. The van der Waals surface area contributed by atoms with E-state index in [1.54, 1.807) is 12.1 Å². The number of rotatable bonds is 3. The van der Waals surface area contributed by atoms with Gasteiger partial charge in [-0.1, -0.05) is 0 Å². The highest BCUT2D eigenvalue weighted by atomic mass is 35.5. The number of hydrogen-bond donors (Lipinski definition) is 2. The Morgan fingerprint density at radius 2 is 2.50 bits per heavy atom. The maximum absolute atomic E-state index is 5.57. The second-order valence-corrected chi connectivity index (χ2v) is 2.64. The molecular weight excluding hydrogens is 176 g/mol. The van der Waals surface area contributed by atoms with Gasteiger partial charge >= 0.3 is 0 Å². The van der Waals surface area contributed by atoms with Crippen LogP contribution in [0, 0.1) is 12.3 Å². The molecule has 64 valence electrons. The van der Waals surface area contributed by atoms with Crippen molar-refractivity contribution >= 4 is 11.6 Å². The van der Waals surface area contributed by atoms with Crippen LogP contribution in [0.15, 0.2) is 16.5 Å². The smallest absolute Gasteiger partial charge is 0.193 e. The fourth-order valence-corrected chi connectivity index (χ4v) is 1.03. The number of hydrazine groups is 1. The van der Waals surface area contributed by atoms with Crippen molar-refractivity contribution in [3.63, 3.8) is 0 Å². The van der Waals surface area contributed by atoms with Gasteiger partial charge in [0.15, 0.2) is 5.22 Å². The Labute approximate surface area is 75.8 Å². The van der Waals surface area contributed by atoms with Gasteiger partial charge in [0, 0.05) is 6.42 Å². The predicted octanol–water partition coefficient (Wildman–Crippen LogP) is 1.46. The van der Waals surface area contributed by atoms with Crippen molar-refractivity contribution in [2.75, 3.05) is 0 Å².